The first-order valence-corrected chi connectivity index (χ1v) is 9.18. The third-order valence-corrected chi connectivity index (χ3v) is 5.21. The summed E-state index contributed by atoms with van der Waals surface area (Å²) in [7, 11) is 0. The van der Waals surface area contributed by atoms with Gasteiger partial charge in [-0.05, 0) is 37.1 Å². The summed E-state index contributed by atoms with van der Waals surface area (Å²) in [5.41, 5.74) is 4.18. The highest BCUT2D eigenvalue weighted by Gasteiger charge is 2.15. The Hall–Kier alpha value is -2.93. The monoisotopic (exact) mass is 363 g/mol. The van der Waals surface area contributed by atoms with Crippen LogP contribution in [0.4, 0.5) is 0 Å². The molecule has 130 valence electrons. The minimum atomic E-state index is -0.157. The van der Waals surface area contributed by atoms with Gasteiger partial charge in [0.2, 0.25) is 5.95 Å². The maximum atomic E-state index is 13.0. The molecule has 2 aromatic heterocycles. The molecule has 0 atom stereocenters. The van der Waals surface area contributed by atoms with Gasteiger partial charge in [0, 0.05) is 5.75 Å². The van der Waals surface area contributed by atoms with E-state index in [1.807, 2.05) is 18.2 Å². The Morgan fingerprint density at radius 1 is 1.15 bits per heavy atom. The van der Waals surface area contributed by atoms with Crippen molar-refractivity contribution >= 4 is 22.7 Å². The second-order valence-corrected chi connectivity index (χ2v) is 7.02. The van der Waals surface area contributed by atoms with Crippen LogP contribution in [0.15, 0.2) is 58.7 Å². The van der Waals surface area contributed by atoms with Crippen molar-refractivity contribution in [2.75, 3.05) is 0 Å². The highest BCUT2D eigenvalue weighted by molar-refractivity contribution is 7.98. The first-order chi connectivity index (χ1) is 12.6. The van der Waals surface area contributed by atoms with E-state index in [9.17, 15) is 4.79 Å². The van der Waals surface area contributed by atoms with Crippen LogP contribution >= 0.6 is 11.8 Å². The number of fused-ring (bicyclic) bond motifs is 1. The van der Waals surface area contributed by atoms with Crippen molar-refractivity contribution in [2.24, 2.45) is 0 Å². The third-order valence-electron chi connectivity index (χ3n) is 4.22. The number of rotatable bonds is 4. The molecule has 0 aliphatic carbocycles. The van der Waals surface area contributed by atoms with Gasteiger partial charge in [-0.3, -0.25) is 4.79 Å². The summed E-state index contributed by atoms with van der Waals surface area (Å²) >= 11 is 1.51. The van der Waals surface area contributed by atoms with Gasteiger partial charge in [-0.2, -0.15) is 10.1 Å². The lowest BCUT2D eigenvalue weighted by molar-refractivity contribution is 0.770. The molecule has 6 nitrogen and oxygen atoms in total. The molecule has 2 aromatic carbocycles. The molecule has 0 amide bonds. The van der Waals surface area contributed by atoms with Crippen molar-refractivity contribution in [1.29, 1.82) is 0 Å². The first-order valence-electron chi connectivity index (χ1n) is 8.20. The smallest absolute Gasteiger partial charge is 0.268 e. The molecule has 0 bridgehead atoms. The Morgan fingerprint density at radius 3 is 2.81 bits per heavy atom. The highest BCUT2D eigenvalue weighted by atomic mass is 32.2. The molecule has 0 saturated heterocycles. The number of nitrogens with zero attached hydrogens (tertiary/aromatic N) is 4. The van der Waals surface area contributed by atoms with E-state index in [0.717, 1.165) is 0 Å². The number of para-hydroxylation sites is 1. The molecular weight excluding hydrogens is 346 g/mol. The molecule has 2 heterocycles. The largest absolute Gasteiger partial charge is 0.269 e. The topological polar surface area (TPSA) is 76.5 Å². The van der Waals surface area contributed by atoms with Gasteiger partial charge in [-0.25, -0.2) is 14.6 Å². The standard InChI is InChI=1S/C19H17N5OS/c1-12-7-8-13(2)14(9-12)10-26-19-22-16-6-4-3-5-15(16)17(25)24(19)18-20-11-21-23-18/h3-9,11H,10H2,1-2H3,(H,20,21,23). The number of benzene rings is 2. The number of thioether (sulfide) groups is 1. The summed E-state index contributed by atoms with van der Waals surface area (Å²) in [4.78, 5) is 21.8. The normalized spacial score (nSPS) is 11.2. The first kappa shape index (κ1) is 16.5. The van der Waals surface area contributed by atoms with Crippen molar-refractivity contribution in [3.8, 4) is 5.95 Å². The summed E-state index contributed by atoms with van der Waals surface area (Å²) in [6, 6.07) is 13.7. The Balaban J connectivity index is 1.82. The maximum Gasteiger partial charge on any atom is 0.269 e. The highest BCUT2D eigenvalue weighted by Crippen LogP contribution is 2.25. The van der Waals surface area contributed by atoms with Crippen LogP contribution in [0.5, 0.6) is 0 Å². The fourth-order valence-corrected chi connectivity index (χ4v) is 3.86. The van der Waals surface area contributed by atoms with Crippen molar-refractivity contribution in [3.05, 3.63) is 75.8 Å². The van der Waals surface area contributed by atoms with Crippen LogP contribution in [0.2, 0.25) is 0 Å². The summed E-state index contributed by atoms with van der Waals surface area (Å²) in [6.45, 7) is 4.17. The fourth-order valence-electron chi connectivity index (χ4n) is 2.80. The fraction of sp³-hybridized carbons (Fsp3) is 0.158. The third kappa shape index (κ3) is 3.01. The van der Waals surface area contributed by atoms with Gasteiger partial charge >= 0.3 is 0 Å². The van der Waals surface area contributed by atoms with E-state index in [-0.39, 0.29) is 5.56 Å². The molecule has 0 aliphatic heterocycles. The number of nitrogens with one attached hydrogen (secondary N) is 1. The number of aromatic nitrogens is 5. The Morgan fingerprint density at radius 2 is 2.00 bits per heavy atom. The minimum absolute atomic E-state index is 0.157. The average molecular weight is 363 g/mol. The molecule has 4 aromatic rings. The second kappa shape index (κ2) is 6.76. The zero-order valence-corrected chi connectivity index (χ0v) is 15.2. The van der Waals surface area contributed by atoms with E-state index < -0.39 is 0 Å². The lowest BCUT2D eigenvalue weighted by Crippen LogP contribution is -2.22. The Labute approximate surface area is 154 Å². The zero-order chi connectivity index (χ0) is 18.1. The molecule has 7 heteroatoms. The van der Waals surface area contributed by atoms with Crippen molar-refractivity contribution < 1.29 is 0 Å². The van der Waals surface area contributed by atoms with Crippen LogP contribution < -0.4 is 5.56 Å². The van der Waals surface area contributed by atoms with E-state index in [1.54, 1.807) is 6.07 Å². The van der Waals surface area contributed by atoms with Crippen LogP contribution in [0.1, 0.15) is 16.7 Å². The van der Waals surface area contributed by atoms with E-state index >= 15 is 0 Å². The molecule has 0 unspecified atom stereocenters. The van der Waals surface area contributed by atoms with Crippen molar-refractivity contribution in [2.45, 2.75) is 24.8 Å². The molecule has 0 fully saturated rings. The molecular formula is C19H17N5OS. The number of aromatic amines is 1. The second-order valence-electron chi connectivity index (χ2n) is 6.08. The quantitative estimate of drug-likeness (QED) is 0.444. The van der Waals surface area contributed by atoms with Gasteiger partial charge < -0.3 is 0 Å². The lowest BCUT2D eigenvalue weighted by Gasteiger charge is -2.11. The molecule has 1 N–H and O–H groups in total. The van der Waals surface area contributed by atoms with E-state index in [4.69, 9.17) is 4.98 Å². The van der Waals surface area contributed by atoms with Gasteiger partial charge in [0.25, 0.3) is 5.56 Å². The van der Waals surface area contributed by atoms with Crippen molar-refractivity contribution in [3.63, 3.8) is 0 Å². The molecule has 0 radical (unpaired) electrons. The molecule has 0 saturated carbocycles. The predicted molar refractivity (Wildman–Crippen MR) is 103 cm³/mol. The number of hydrogen-bond donors (Lipinski definition) is 1. The minimum Gasteiger partial charge on any atom is -0.268 e. The van der Waals surface area contributed by atoms with Crippen LogP contribution in [-0.2, 0) is 5.75 Å². The lowest BCUT2D eigenvalue weighted by atomic mass is 10.1. The molecule has 0 aliphatic rings. The number of H-pyrrole nitrogens is 1. The van der Waals surface area contributed by atoms with Crippen LogP contribution in [-0.4, -0.2) is 24.7 Å². The SMILES string of the molecule is Cc1ccc(C)c(CSc2nc3ccccc3c(=O)n2-c2ncn[nH]2)c1. The van der Waals surface area contributed by atoms with Crippen molar-refractivity contribution in [1.82, 2.24) is 24.7 Å². The van der Waals surface area contributed by atoms with Crippen LogP contribution in [0.25, 0.3) is 16.9 Å². The maximum absolute atomic E-state index is 13.0. The average Bonchev–Trinajstić information content (AvgIpc) is 3.17. The van der Waals surface area contributed by atoms with E-state index in [1.165, 1.54) is 39.3 Å². The summed E-state index contributed by atoms with van der Waals surface area (Å²) in [5.74, 6) is 1.09. The summed E-state index contributed by atoms with van der Waals surface area (Å²) in [6.07, 6.45) is 1.39. The molecule has 26 heavy (non-hydrogen) atoms. The Bertz CT molecular complexity index is 1130. The van der Waals surface area contributed by atoms with Crippen LogP contribution in [0, 0.1) is 13.8 Å². The summed E-state index contributed by atoms with van der Waals surface area (Å²) < 4.78 is 1.49. The van der Waals surface area contributed by atoms with Gasteiger partial charge in [0.1, 0.15) is 6.33 Å². The number of aryl methyl sites for hydroxylation is 2. The van der Waals surface area contributed by atoms with Gasteiger partial charge in [-0.15, -0.1) is 0 Å². The number of hydrogen-bond acceptors (Lipinski definition) is 5. The predicted octanol–water partition coefficient (Wildman–Crippen LogP) is 3.41. The van der Waals surface area contributed by atoms with Crippen LogP contribution in [0.3, 0.4) is 0 Å². The summed E-state index contributed by atoms with van der Waals surface area (Å²) in [5, 5.41) is 7.78. The molecule has 4 rings (SSSR count). The zero-order valence-electron chi connectivity index (χ0n) is 14.4. The van der Waals surface area contributed by atoms with Gasteiger partial charge in [-0.1, -0.05) is 47.7 Å². The Kier molecular flexibility index (Phi) is 4.30. The van der Waals surface area contributed by atoms with E-state index in [2.05, 4.69) is 47.2 Å². The van der Waals surface area contributed by atoms with E-state index in [0.29, 0.717) is 27.8 Å². The van der Waals surface area contributed by atoms with Gasteiger partial charge in [0.05, 0.1) is 10.9 Å². The molecule has 0 spiro atoms. The van der Waals surface area contributed by atoms with Gasteiger partial charge in [0.15, 0.2) is 5.16 Å².